The zero-order valence-corrected chi connectivity index (χ0v) is 22.2. The average molecular weight is 562 g/mol. The Bertz CT molecular complexity index is 1310. The Morgan fingerprint density at radius 3 is 2.10 bits per heavy atom. The first-order valence-electron chi connectivity index (χ1n) is 12.3. The van der Waals surface area contributed by atoms with Crippen LogP contribution in [0.15, 0.2) is 53.4 Å². The van der Waals surface area contributed by atoms with Gasteiger partial charge in [0.1, 0.15) is 12.1 Å². The Morgan fingerprint density at radius 2 is 1.56 bits per heavy atom. The van der Waals surface area contributed by atoms with Crippen LogP contribution in [-0.2, 0) is 24.5 Å². The lowest BCUT2D eigenvalue weighted by Crippen LogP contribution is -2.52. The molecule has 0 aromatic heterocycles. The summed E-state index contributed by atoms with van der Waals surface area (Å²) in [6.45, 7) is 2.65. The Labute approximate surface area is 225 Å². The van der Waals surface area contributed by atoms with Gasteiger partial charge in [-0.25, -0.2) is 0 Å². The monoisotopic (exact) mass is 561 g/mol. The number of carbonyl (C=O) groups is 3. The topological polar surface area (TPSA) is 193 Å². The van der Waals surface area contributed by atoms with Crippen molar-refractivity contribution in [2.45, 2.75) is 49.6 Å². The van der Waals surface area contributed by atoms with E-state index in [1.165, 1.54) is 46.2 Å². The van der Waals surface area contributed by atoms with Gasteiger partial charge in [0.25, 0.3) is 15.8 Å². The minimum absolute atomic E-state index is 0.0666. The lowest BCUT2D eigenvalue weighted by atomic mass is 10.1. The fourth-order valence-corrected chi connectivity index (χ4v) is 5.02. The molecule has 0 bridgehead atoms. The van der Waals surface area contributed by atoms with Crippen LogP contribution in [0.25, 0.3) is 0 Å². The molecule has 0 radical (unpaired) electrons. The maximum absolute atomic E-state index is 13.0. The maximum Gasteiger partial charge on any atom is 0.294 e. The van der Waals surface area contributed by atoms with Gasteiger partial charge in [0.05, 0.1) is 16.4 Å². The molecule has 2 aliphatic heterocycles. The maximum atomic E-state index is 13.0. The number of anilines is 1. The molecule has 2 aromatic carbocycles. The molecule has 2 fully saturated rings. The van der Waals surface area contributed by atoms with Crippen molar-refractivity contribution < 1.29 is 32.3 Å². The minimum Gasteiger partial charge on any atom is -0.330 e. The Morgan fingerprint density at radius 1 is 1.00 bits per heavy atom. The van der Waals surface area contributed by atoms with E-state index in [0.717, 1.165) is 12.0 Å². The van der Waals surface area contributed by atoms with Crippen molar-refractivity contribution in [1.29, 1.82) is 0 Å². The van der Waals surface area contributed by atoms with Crippen molar-refractivity contribution in [3.63, 3.8) is 0 Å². The van der Waals surface area contributed by atoms with Gasteiger partial charge in [-0.1, -0.05) is 17.7 Å². The Balaban J connectivity index is 0.000000320. The van der Waals surface area contributed by atoms with Gasteiger partial charge in [0, 0.05) is 30.9 Å². The van der Waals surface area contributed by atoms with Crippen LogP contribution in [0, 0.1) is 17.0 Å². The van der Waals surface area contributed by atoms with Crippen molar-refractivity contribution in [2.75, 3.05) is 25.0 Å². The molecule has 39 heavy (non-hydrogen) atoms. The third-order valence-corrected chi connectivity index (χ3v) is 7.40. The number of hydrogen-bond acceptors (Lipinski definition) is 8. The first kappa shape index (κ1) is 29.7. The molecule has 2 aromatic rings. The van der Waals surface area contributed by atoms with Crippen molar-refractivity contribution in [3.05, 3.63) is 64.2 Å². The van der Waals surface area contributed by atoms with Crippen LogP contribution in [0.1, 0.15) is 31.2 Å². The molecule has 13 nitrogen and oxygen atoms in total. The molecular weight excluding hydrogens is 530 g/mol. The van der Waals surface area contributed by atoms with E-state index in [0.29, 0.717) is 38.0 Å². The second kappa shape index (κ2) is 12.8. The van der Waals surface area contributed by atoms with Gasteiger partial charge in [-0.15, -0.1) is 0 Å². The highest BCUT2D eigenvalue weighted by Crippen LogP contribution is 2.26. The summed E-state index contributed by atoms with van der Waals surface area (Å²) in [6, 6.07) is 10.3. The summed E-state index contributed by atoms with van der Waals surface area (Å²) in [4.78, 5) is 50.9. The predicted octanol–water partition coefficient (Wildman–Crippen LogP) is 1.72. The van der Waals surface area contributed by atoms with E-state index in [-0.39, 0.29) is 34.8 Å². The number of nitrogens with zero attached hydrogens (tertiary/aromatic N) is 3. The molecule has 2 atom stereocenters. The average Bonchev–Trinajstić information content (AvgIpc) is 3.59. The van der Waals surface area contributed by atoms with Gasteiger partial charge in [0.2, 0.25) is 17.7 Å². The summed E-state index contributed by atoms with van der Waals surface area (Å²) in [5.41, 5.74) is 6.75. The van der Waals surface area contributed by atoms with E-state index in [4.69, 9.17) is 10.3 Å². The Hall–Kier alpha value is -3.88. The standard InChI is InChI=1S/C18H23N5O5.C7H8O3S/c19-11-16(24)21-9-2-4-15(21)18(26)22-10-1-3-14(22)17(25)20-12-5-7-13(8-6-12)23(27)28;1-6-2-4-7(5-3-6)11(8,9)10/h5-8,14-15H,1-4,9-11,19H2,(H,20,25);2-5H,1H3,(H,8,9,10)/t14-,15-;/m0./s1. The van der Waals surface area contributed by atoms with E-state index >= 15 is 0 Å². The first-order valence-corrected chi connectivity index (χ1v) is 13.8. The summed E-state index contributed by atoms with van der Waals surface area (Å²) in [6.07, 6.45) is 2.52. The Kier molecular flexibility index (Phi) is 9.72. The zero-order valence-electron chi connectivity index (χ0n) is 21.4. The molecule has 3 amide bonds. The van der Waals surface area contributed by atoms with Crippen LogP contribution >= 0.6 is 0 Å². The third-order valence-electron chi connectivity index (χ3n) is 6.54. The number of nitro benzene ring substituents is 1. The number of nitrogens with one attached hydrogen (secondary N) is 1. The fourth-order valence-electron chi connectivity index (χ4n) is 4.54. The van der Waals surface area contributed by atoms with Crippen molar-refractivity contribution in [3.8, 4) is 0 Å². The number of hydrogen-bond donors (Lipinski definition) is 3. The summed E-state index contributed by atoms with van der Waals surface area (Å²) < 4.78 is 29.6. The molecule has 0 aliphatic carbocycles. The second-order valence-corrected chi connectivity index (χ2v) is 10.6. The quantitative estimate of drug-likeness (QED) is 0.267. The highest BCUT2D eigenvalue weighted by atomic mass is 32.2. The molecular formula is C25H31N5O8S. The van der Waals surface area contributed by atoms with Crippen molar-refractivity contribution >= 4 is 39.2 Å². The number of non-ortho nitro benzene ring substituents is 1. The third kappa shape index (κ3) is 7.59. The van der Waals surface area contributed by atoms with Gasteiger partial charge >= 0.3 is 0 Å². The highest BCUT2D eigenvalue weighted by molar-refractivity contribution is 7.85. The molecule has 210 valence electrons. The largest absolute Gasteiger partial charge is 0.330 e. The van der Waals surface area contributed by atoms with Crippen LogP contribution in [0.2, 0.25) is 0 Å². The van der Waals surface area contributed by atoms with Crippen LogP contribution in [0.4, 0.5) is 11.4 Å². The molecule has 0 unspecified atom stereocenters. The van der Waals surface area contributed by atoms with Crippen LogP contribution < -0.4 is 11.1 Å². The summed E-state index contributed by atoms with van der Waals surface area (Å²) in [5, 5.41) is 13.4. The van der Waals surface area contributed by atoms with E-state index in [9.17, 15) is 32.9 Å². The molecule has 4 rings (SSSR count). The number of nitro groups is 1. The zero-order chi connectivity index (χ0) is 28.7. The summed E-state index contributed by atoms with van der Waals surface area (Å²) in [7, 11) is -4.02. The number of aryl methyl sites for hydroxylation is 1. The second-order valence-electron chi connectivity index (χ2n) is 9.22. The van der Waals surface area contributed by atoms with Crippen molar-refractivity contribution in [2.24, 2.45) is 5.73 Å². The molecule has 2 aliphatic rings. The van der Waals surface area contributed by atoms with E-state index < -0.39 is 27.1 Å². The molecule has 0 spiro atoms. The van der Waals surface area contributed by atoms with Gasteiger partial charge in [-0.05, 0) is 56.9 Å². The normalized spacial score (nSPS) is 18.7. The van der Waals surface area contributed by atoms with Gasteiger partial charge in [0.15, 0.2) is 0 Å². The van der Waals surface area contributed by atoms with E-state index in [1.807, 2.05) is 6.92 Å². The lowest BCUT2D eigenvalue weighted by Gasteiger charge is -2.30. The molecule has 4 N–H and O–H groups in total. The molecule has 0 saturated carbocycles. The fraction of sp³-hybridized carbons (Fsp3) is 0.400. The first-order chi connectivity index (χ1) is 18.4. The molecule has 14 heteroatoms. The van der Waals surface area contributed by atoms with Gasteiger partial charge in [-0.3, -0.25) is 29.1 Å². The van der Waals surface area contributed by atoms with Crippen molar-refractivity contribution in [1.82, 2.24) is 9.80 Å². The van der Waals surface area contributed by atoms with E-state index in [1.54, 1.807) is 12.1 Å². The number of carbonyl (C=O) groups excluding carboxylic acids is 3. The van der Waals surface area contributed by atoms with Crippen LogP contribution in [0.3, 0.4) is 0 Å². The summed E-state index contributed by atoms with van der Waals surface area (Å²) in [5.74, 6) is -0.822. The van der Waals surface area contributed by atoms with Crippen LogP contribution in [0.5, 0.6) is 0 Å². The number of benzene rings is 2. The minimum atomic E-state index is -4.02. The molecule has 2 heterocycles. The SMILES string of the molecule is Cc1ccc(S(=O)(=O)O)cc1.NCC(=O)N1CCC[C@H]1C(=O)N1CCC[C@H]1C(=O)Nc1ccc([N+](=O)[O-])cc1. The van der Waals surface area contributed by atoms with Crippen LogP contribution in [-0.4, -0.2) is 77.1 Å². The lowest BCUT2D eigenvalue weighted by molar-refractivity contribution is -0.384. The smallest absolute Gasteiger partial charge is 0.294 e. The molecule has 2 saturated heterocycles. The number of rotatable bonds is 6. The predicted molar refractivity (Wildman–Crippen MR) is 141 cm³/mol. The highest BCUT2D eigenvalue weighted by Gasteiger charge is 2.41. The van der Waals surface area contributed by atoms with Gasteiger partial charge in [-0.2, -0.15) is 8.42 Å². The van der Waals surface area contributed by atoms with E-state index in [2.05, 4.69) is 5.32 Å². The number of amides is 3. The number of likely N-dealkylation sites (tertiary alicyclic amines) is 2. The number of nitrogens with two attached hydrogens (primary N) is 1. The summed E-state index contributed by atoms with van der Waals surface area (Å²) >= 11 is 0. The van der Waals surface area contributed by atoms with Gasteiger partial charge < -0.3 is 20.9 Å².